The van der Waals surface area contributed by atoms with Crippen LogP contribution in [-0.2, 0) is 9.05 Å². The second kappa shape index (κ2) is 5.14. The van der Waals surface area contributed by atoms with Crippen molar-refractivity contribution in [2.24, 2.45) is 0 Å². The van der Waals surface area contributed by atoms with Gasteiger partial charge in [-0.15, -0.1) is 22.7 Å². The standard InChI is InChI=1S/C12H10ClNO3S3/c1-7-14-11-10(19-7)6-9(8-2-4-18-12(8)11)17-3-5-20(13,15)16/h2,4,6H,3,5H2,1H3. The Morgan fingerprint density at radius 1 is 1.45 bits per heavy atom. The molecule has 20 heavy (non-hydrogen) atoms. The molecule has 0 unspecified atom stereocenters. The molecule has 0 spiro atoms. The van der Waals surface area contributed by atoms with Gasteiger partial charge in [0.25, 0.3) is 0 Å². The molecule has 4 nitrogen and oxygen atoms in total. The fourth-order valence-corrected chi connectivity index (χ4v) is 4.26. The summed E-state index contributed by atoms with van der Waals surface area (Å²) in [7, 11) is 1.65. The Bertz CT molecular complexity index is 882. The first kappa shape index (κ1) is 14.1. The maximum Gasteiger partial charge on any atom is 0.235 e. The van der Waals surface area contributed by atoms with Crippen molar-refractivity contribution in [1.82, 2.24) is 4.98 Å². The third-order valence-electron chi connectivity index (χ3n) is 2.75. The second-order valence-electron chi connectivity index (χ2n) is 4.21. The van der Waals surface area contributed by atoms with Crippen LogP contribution in [-0.4, -0.2) is 25.8 Å². The van der Waals surface area contributed by atoms with Crippen LogP contribution in [0, 0.1) is 6.92 Å². The first-order chi connectivity index (χ1) is 9.44. The summed E-state index contributed by atoms with van der Waals surface area (Å²) in [5.74, 6) is 0.470. The highest BCUT2D eigenvalue weighted by molar-refractivity contribution is 8.13. The molecular weight excluding hydrogens is 338 g/mol. The molecule has 0 N–H and O–H groups in total. The Balaban J connectivity index is 2.02. The van der Waals surface area contributed by atoms with E-state index in [1.807, 2.05) is 24.4 Å². The van der Waals surface area contributed by atoms with E-state index in [2.05, 4.69) is 4.98 Å². The average Bonchev–Trinajstić information content (AvgIpc) is 2.92. The molecule has 0 radical (unpaired) electrons. The Labute approximate surface area is 128 Å². The zero-order valence-corrected chi connectivity index (χ0v) is 13.6. The minimum absolute atomic E-state index is 0.0417. The lowest BCUT2D eigenvalue weighted by Crippen LogP contribution is -2.08. The van der Waals surface area contributed by atoms with Crippen molar-refractivity contribution in [3.05, 3.63) is 22.5 Å². The van der Waals surface area contributed by atoms with Gasteiger partial charge in [-0.05, 0) is 18.4 Å². The summed E-state index contributed by atoms with van der Waals surface area (Å²) in [5, 5.41) is 3.93. The molecule has 0 bridgehead atoms. The monoisotopic (exact) mass is 347 g/mol. The quantitative estimate of drug-likeness (QED) is 0.674. The summed E-state index contributed by atoms with van der Waals surface area (Å²) in [4.78, 5) is 4.53. The lowest BCUT2D eigenvalue weighted by atomic mass is 10.2. The fraction of sp³-hybridized carbons (Fsp3) is 0.250. The Kier molecular flexibility index (Phi) is 3.62. The largest absolute Gasteiger partial charge is 0.492 e. The molecule has 0 fully saturated rings. The van der Waals surface area contributed by atoms with Crippen molar-refractivity contribution in [1.29, 1.82) is 0 Å². The lowest BCUT2D eigenvalue weighted by molar-refractivity contribution is 0.346. The van der Waals surface area contributed by atoms with Gasteiger partial charge in [0.1, 0.15) is 12.4 Å². The number of aromatic nitrogens is 1. The van der Waals surface area contributed by atoms with E-state index in [0.29, 0.717) is 5.75 Å². The molecule has 0 aliphatic rings. The van der Waals surface area contributed by atoms with Crippen molar-refractivity contribution in [2.45, 2.75) is 6.92 Å². The van der Waals surface area contributed by atoms with Gasteiger partial charge in [0.2, 0.25) is 9.05 Å². The number of halogens is 1. The number of thiazole rings is 1. The van der Waals surface area contributed by atoms with E-state index in [1.54, 1.807) is 22.7 Å². The van der Waals surface area contributed by atoms with Gasteiger partial charge in [-0.1, -0.05) is 0 Å². The van der Waals surface area contributed by atoms with Crippen LogP contribution in [0.4, 0.5) is 0 Å². The second-order valence-corrected chi connectivity index (χ2v) is 9.26. The van der Waals surface area contributed by atoms with Crippen molar-refractivity contribution in [2.75, 3.05) is 12.4 Å². The van der Waals surface area contributed by atoms with Crippen molar-refractivity contribution in [3.8, 4) is 5.75 Å². The van der Waals surface area contributed by atoms with Gasteiger partial charge < -0.3 is 4.74 Å². The van der Waals surface area contributed by atoms with Crippen LogP contribution >= 0.6 is 33.4 Å². The number of fused-ring (bicyclic) bond motifs is 3. The average molecular weight is 348 g/mol. The minimum atomic E-state index is -3.53. The Hall–Kier alpha value is -0.890. The Morgan fingerprint density at radius 3 is 3.00 bits per heavy atom. The van der Waals surface area contributed by atoms with Gasteiger partial charge in [0.05, 0.1) is 25.7 Å². The molecule has 1 aromatic carbocycles. The van der Waals surface area contributed by atoms with Crippen molar-refractivity contribution < 1.29 is 13.2 Å². The number of aryl methyl sites for hydroxylation is 1. The molecule has 0 saturated heterocycles. The number of benzene rings is 1. The van der Waals surface area contributed by atoms with Crippen molar-refractivity contribution in [3.63, 3.8) is 0 Å². The molecule has 0 aliphatic carbocycles. The highest BCUT2D eigenvalue weighted by Gasteiger charge is 2.13. The van der Waals surface area contributed by atoms with E-state index in [1.165, 1.54) is 0 Å². The molecule has 0 aliphatic heterocycles. The lowest BCUT2D eigenvalue weighted by Gasteiger charge is -2.06. The number of thiophene rings is 1. The van der Waals surface area contributed by atoms with Gasteiger partial charge >= 0.3 is 0 Å². The van der Waals surface area contributed by atoms with Gasteiger partial charge in [0.15, 0.2) is 0 Å². The van der Waals surface area contributed by atoms with Gasteiger partial charge in [-0.2, -0.15) is 0 Å². The third kappa shape index (κ3) is 2.76. The smallest absolute Gasteiger partial charge is 0.235 e. The SMILES string of the molecule is Cc1nc2c(cc(OCCS(=O)(=O)Cl)c3ccsc32)s1. The summed E-state index contributed by atoms with van der Waals surface area (Å²) in [6.07, 6.45) is 0. The van der Waals surface area contributed by atoms with E-state index >= 15 is 0 Å². The van der Waals surface area contributed by atoms with E-state index in [9.17, 15) is 8.42 Å². The normalized spacial score (nSPS) is 12.3. The van der Waals surface area contributed by atoms with Gasteiger partial charge in [0, 0.05) is 22.1 Å². The zero-order valence-electron chi connectivity index (χ0n) is 10.4. The molecular formula is C12H10ClNO3S3. The first-order valence-corrected chi connectivity index (χ1v) is 9.94. The predicted molar refractivity (Wildman–Crippen MR) is 84.9 cm³/mol. The third-order valence-corrected chi connectivity index (χ3v) is 5.71. The molecule has 0 atom stereocenters. The summed E-state index contributed by atoms with van der Waals surface area (Å²) in [6, 6.07) is 3.87. The summed E-state index contributed by atoms with van der Waals surface area (Å²) in [5.41, 5.74) is 0.981. The molecule has 3 aromatic rings. The highest BCUT2D eigenvalue weighted by Crippen LogP contribution is 2.38. The summed E-state index contributed by atoms with van der Waals surface area (Å²) >= 11 is 3.20. The number of hydrogen-bond acceptors (Lipinski definition) is 6. The predicted octanol–water partition coefficient (Wildman–Crippen LogP) is 3.77. The van der Waals surface area contributed by atoms with E-state index in [-0.39, 0.29) is 12.4 Å². The van der Waals surface area contributed by atoms with Gasteiger partial charge in [-0.25, -0.2) is 13.4 Å². The number of rotatable bonds is 4. The van der Waals surface area contributed by atoms with Crippen LogP contribution < -0.4 is 4.74 Å². The number of nitrogens with zero attached hydrogens (tertiary/aromatic N) is 1. The minimum Gasteiger partial charge on any atom is -0.492 e. The topological polar surface area (TPSA) is 56.3 Å². The molecule has 106 valence electrons. The van der Waals surface area contributed by atoms with Crippen LogP contribution in [0.1, 0.15) is 5.01 Å². The zero-order chi connectivity index (χ0) is 14.3. The molecule has 0 amide bonds. The summed E-state index contributed by atoms with van der Waals surface area (Å²) in [6.45, 7) is 2.00. The number of ether oxygens (including phenoxy) is 1. The number of hydrogen-bond donors (Lipinski definition) is 0. The molecule has 2 heterocycles. The van der Waals surface area contributed by atoms with Crippen LogP contribution in [0.5, 0.6) is 5.75 Å². The van der Waals surface area contributed by atoms with Crippen LogP contribution in [0.15, 0.2) is 17.5 Å². The first-order valence-electron chi connectivity index (χ1n) is 5.76. The molecule has 8 heteroatoms. The maximum atomic E-state index is 10.9. The Morgan fingerprint density at radius 2 is 2.25 bits per heavy atom. The maximum absolute atomic E-state index is 10.9. The molecule has 2 aromatic heterocycles. The molecule has 3 rings (SSSR count). The molecule has 0 saturated carbocycles. The van der Waals surface area contributed by atoms with Gasteiger partial charge in [-0.3, -0.25) is 0 Å². The van der Waals surface area contributed by atoms with Crippen molar-refractivity contribution >= 4 is 62.7 Å². The van der Waals surface area contributed by atoms with E-state index in [0.717, 1.165) is 25.3 Å². The van der Waals surface area contributed by atoms with E-state index < -0.39 is 9.05 Å². The van der Waals surface area contributed by atoms with Crippen LogP contribution in [0.2, 0.25) is 0 Å². The fourth-order valence-electron chi connectivity index (χ4n) is 1.96. The van der Waals surface area contributed by atoms with Crippen LogP contribution in [0.3, 0.4) is 0 Å². The highest BCUT2D eigenvalue weighted by atomic mass is 35.7. The summed E-state index contributed by atoms with van der Waals surface area (Å²) < 4.78 is 29.6. The van der Waals surface area contributed by atoms with E-state index in [4.69, 9.17) is 15.4 Å². The van der Waals surface area contributed by atoms with Crippen LogP contribution in [0.25, 0.3) is 20.3 Å².